The highest BCUT2D eigenvalue weighted by Gasteiger charge is 2.34. The van der Waals surface area contributed by atoms with Crippen LogP contribution in [0, 0.1) is 0 Å². The zero-order chi connectivity index (χ0) is 16.3. The minimum Gasteiger partial charge on any atom is -0.378 e. The Morgan fingerprint density at radius 3 is 2.73 bits per heavy atom. The fraction of sp³-hybridized carbons (Fsp3) is 0.625. The van der Waals surface area contributed by atoms with Crippen molar-refractivity contribution in [3.63, 3.8) is 0 Å². The van der Waals surface area contributed by atoms with E-state index < -0.39 is 0 Å². The van der Waals surface area contributed by atoms with Gasteiger partial charge in [0.1, 0.15) is 0 Å². The van der Waals surface area contributed by atoms with Gasteiger partial charge in [0.05, 0.1) is 23.4 Å². The van der Waals surface area contributed by atoms with Crippen LogP contribution >= 0.6 is 11.3 Å². The highest BCUT2D eigenvalue weighted by atomic mass is 32.1. The monoisotopic (exact) mass is 324 g/mol. The van der Waals surface area contributed by atoms with E-state index in [1.165, 1.54) is 18.3 Å². The van der Waals surface area contributed by atoms with Crippen molar-refractivity contribution in [1.82, 2.24) is 10.2 Å². The predicted molar refractivity (Wildman–Crippen MR) is 87.5 cm³/mol. The minimum absolute atomic E-state index is 0.0193. The number of nitrogens with one attached hydrogen (secondary N) is 1. The Morgan fingerprint density at radius 1 is 1.45 bits per heavy atom. The molecule has 0 saturated carbocycles. The van der Waals surface area contributed by atoms with Crippen LogP contribution in [0.25, 0.3) is 0 Å². The summed E-state index contributed by atoms with van der Waals surface area (Å²) in [7, 11) is 1.69. The number of rotatable bonds is 6. The molecule has 0 aromatic carbocycles. The molecule has 0 aliphatic carbocycles. The lowest BCUT2D eigenvalue weighted by atomic mass is 10.1. The van der Waals surface area contributed by atoms with Gasteiger partial charge in [-0.1, -0.05) is 0 Å². The Balaban J connectivity index is 1.91. The van der Waals surface area contributed by atoms with E-state index in [1.54, 1.807) is 13.2 Å². The molecule has 1 aromatic rings. The van der Waals surface area contributed by atoms with Crippen molar-refractivity contribution < 1.29 is 14.3 Å². The quantitative estimate of drug-likeness (QED) is 0.810. The van der Waals surface area contributed by atoms with Crippen molar-refractivity contribution in [2.45, 2.75) is 45.4 Å². The van der Waals surface area contributed by atoms with Crippen molar-refractivity contribution in [2.24, 2.45) is 0 Å². The number of likely N-dealkylation sites (tertiary alicyclic amines) is 1. The van der Waals surface area contributed by atoms with E-state index in [0.29, 0.717) is 17.3 Å². The maximum atomic E-state index is 12.2. The predicted octanol–water partition coefficient (Wildman–Crippen LogP) is 1.72. The summed E-state index contributed by atoms with van der Waals surface area (Å²) in [4.78, 5) is 26.5. The molecule has 122 valence electrons. The molecule has 1 saturated heterocycles. The number of carbonyl (C=O) groups excluding carboxylic acids is 2. The average Bonchev–Trinajstić information content (AvgIpc) is 3.05. The summed E-state index contributed by atoms with van der Waals surface area (Å²) in [6.07, 6.45) is 0.333. The fourth-order valence-corrected chi connectivity index (χ4v) is 3.51. The van der Waals surface area contributed by atoms with E-state index >= 15 is 0 Å². The third-order valence-corrected chi connectivity index (χ3v) is 5.12. The van der Waals surface area contributed by atoms with Crippen LogP contribution in [0.4, 0.5) is 0 Å². The number of hydrogen-bond acceptors (Lipinski definition) is 5. The molecular formula is C16H24N2O3S. The molecule has 1 N–H and O–H groups in total. The molecule has 5 nitrogen and oxygen atoms in total. The van der Waals surface area contributed by atoms with Crippen LogP contribution < -0.4 is 5.32 Å². The third kappa shape index (κ3) is 4.15. The number of carbonyl (C=O) groups is 2. The number of amides is 1. The lowest BCUT2D eigenvalue weighted by Gasteiger charge is -2.20. The molecule has 1 fully saturated rings. The van der Waals surface area contributed by atoms with Gasteiger partial charge >= 0.3 is 0 Å². The van der Waals surface area contributed by atoms with Crippen LogP contribution in [0.1, 0.15) is 36.0 Å². The zero-order valence-electron chi connectivity index (χ0n) is 13.6. The Hall–Kier alpha value is -1.24. The molecule has 0 unspecified atom stereocenters. The van der Waals surface area contributed by atoms with Gasteiger partial charge in [-0.2, -0.15) is 0 Å². The van der Waals surface area contributed by atoms with Crippen LogP contribution in [0.3, 0.4) is 0 Å². The van der Waals surface area contributed by atoms with Crippen molar-refractivity contribution in [3.05, 3.63) is 21.9 Å². The topological polar surface area (TPSA) is 58.6 Å². The molecule has 2 rings (SSSR count). The number of methoxy groups -OCH3 is 1. The number of hydrogen-bond donors (Lipinski definition) is 1. The molecule has 2 heterocycles. The van der Waals surface area contributed by atoms with Crippen LogP contribution in [0.15, 0.2) is 11.4 Å². The highest BCUT2D eigenvalue weighted by Crippen LogP contribution is 2.18. The molecule has 6 heteroatoms. The van der Waals surface area contributed by atoms with Crippen molar-refractivity contribution in [2.75, 3.05) is 20.2 Å². The van der Waals surface area contributed by atoms with Gasteiger partial charge in [0.15, 0.2) is 5.78 Å². The first-order valence-electron chi connectivity index (χ1n) is 7.55. The van der Waals surface area contributed by atoms with Crippen LogP contribution in [-0.2, 0) is 16.0 Å². The lowest BCUT2D eigenvalue weighted by molar-refractivity contribution is -0.121. The second kappa shape index (κ2) is 7.35. The van der Waals surface area contributed by atoms with E-state index in [4.69, 9.17) is 4.74 Å². The molecule has 2 atom stereocenters. The van der Waals surface area contributed by atoms with E-state index in [-0.39, 0.29) is 23.8 Å². The summed E-state index contributed by atoms with van der Waals surface area (Å²) in [5, 5.41) is 4.94. The van der Waals surface area contributed by atoms with Gasteiger partial charge in [-0.05, 0) is 37.8 Å². The van der Waals surface area contributed by atoms with Gasteiger partial charge in [0.25, 0.3) is 0 Å². The molecule has 0 bridgehead atoms. The Morgan fingerprint density at radius 2 is 2.18 bits per heavy atom. The summed E-state index contributed by atoms with van der Waals surface area (Å²) < 4.78 is 5.49. The van der Waals surface area contributed by atoms with Crippen molar-refractivity contribution >= 4 is 23.0 Å². The van der Waals surface area contributed by atoms with Gasteiger partial charge in [-0.15, -0.1) is 11.3 Å². The minimum atomic E-state index is -0.0226. The molecule has 1 aliphatic heterocycles. The van der Waals surface area contributed by atoms with Gasteiger partial charge in [0, 0.05) is 26.2 Å². The molecule has 1 aliphatic rings. The number of nitrogens with zero attached hydrogens (tertiary/aromatic N) is 1. The van der Waals surface area contributed by atoms with E-state index in [9.17, 15) is 9.59 Å². The first-order chi connectivity index (χ1) is 10.4. The summed E-state index contributed by atoms with van der Waals surface area (Å²) in [6, 6.07) is 2.26. The summed E-state index contributed by atoms with van der Waals surface area (Å²) in [6.45, 7) is 7.48. The largest absolute Gasteiger partial charge is 0.378 e. The van der Waals surface area contributed by atoms with Gasteiger partial charge in [0.2, 0.25) is 5.91 Å². The van der Waals surface area contributed by atoms with Crippen LogP contribution in [0.2, 0.25) is 0 Å². The first kappa shape index (κ1) is 17.1. The smallest absolute Gasteiger partial charge is 0.224 e. The number of thiophene rings is 1. The van der Waals surface area contributed by atoms with E-state index in [2.05, 4.69) is 24.1 Å². The SMILES string of the molecule is CO[C@@H]1CN(C(C)C)C[C@H]1NC(=O)Cc1csc(C(C)=O)c1. The molecule has 22 heavy (non-hydrogen) atoms. The van der Waals surface area contributed by atoms with Crippen molar-refractivity contribution in [1.29, 1.82) is 0 Å². The second-order valence-electron chi connectivity index (χ2n) is 6.05. The molecular weight excluding hydrogens is 300 g/mol. The molecule has 1 aromatic heterocycles. The molecule has 0 spiro atoms. The average molecular weight is 324 g/mol. The van der Waals surface area contributed by atoms with Crippen LogP contribution in [-0.4, -0.2) is 55.0 Å². The second-order valence-corrected chi connectivity index (χ2v) is 6.96. The highest BCUT2D eigenvalue weighted by molar-refractivity contribution is 7.12. The van der Waals surface area contributed by atoms with Crippen molar-refractivity contribution in [3.8, 4) is 0 Å². The third-order valence-electron chi connectivity index (χ3n) is 4.04. The van der Waals surface area contributed by atoms with Gasteiger partial charge in [-0.25, -0.2) is 0 Å². The van der Waals surface area contributed by atoms with E-state index in [0.717, 1.165) is 18.7 Å². The Kier molecular flexibility index (Phi) is 5.72. The maximum Gasteiger partial charge on any atom is 0.224 e. The Labute approximate surface area is 135 Å². The molecule has 0 radical (unpaired) electrons. The van der Waals surface area contributed by atoms with Crippen LogP contribution in [0.5, 0.6) is 0 Å². The summed E-state index contributed by atoms with van der Waals surface area (Å²) in [5.41, 5.74) is 0.889. The number of Topliss-reactive ketones (excluding diaryl/α,β-unsaturated/α-hetero) is 1. The lowest BCUT2D eigenvalue weighted by Crippen LogP contribution is -2.44. The first-order valence-corrected chi connectivity index (χ1v) is 8.43. The summed E-state index contributed by atoms with van der Waals surface area (Å²) >= 11 is 1.39. The zero-order valence-corrected chi connectivity index (χ0v) is 14.4. The maximum absolute atomic E-state index is 12.2. The standard InChI is InChI=1S/C16H24N2O3S/c1-10(2)18-7-13(14(8-18)21-4)17-16(20)6-12-5-15(11(3)19)22-9-12/h5,9-10,13-14H,6-8H2,1-4H3,(H,17,20)/t13-,14-/m1/s1. The number of ketones is 1. The van der Waals surface area contributed by atoms with Gasteiger partial charge < -0.3 is 10.1 Å². The van der Waals surface area contributed by atoms with Gasteiger partial charge in [-0.3, -0.25) is 14.5 Å². The van der Waals surface area contributed by atoms with E-state index in [1.807, 2.05) is 5.38 Å². The number of ether oxygens (including phenoxy) is 1. The normalized spacial score (nSPS) is 22.2. The Bertz CT molecular complexity index is 541. The molecule has 1 amide bonds. The fourth-order valence-electron chi connectivity index (χ4n) is 2.70. The summed E-state index contributed by atoms with van der Waals surface area (Å²) in [5.74, 6) is 0.0185.